The van der Waals surface area contributed by atoms with Gasteiger partial charge in [-0.1, -0.05) is 17.3 Å². The molecular weight excluding hydrogens is 496 g/mol. The number of hydrogen-bond acceptors (Lipinski definition) is 11. The van der Waals surface area contributed by atoms with E-state index in [1.165, 1.54) is 73.6 Å². The quantitative estimate of drug-likeness (QED) is 0.279. The lowest BCUT2D eigenvalue weighted by atomic mass is 10.1. The number of methoxy groups -OCH3 is 2. The molecule has 0 spiro atoms. The Labute approximate surface area is 206 Å². The molecule has 1 aromatic carbocycles. The van der Waals surface area contributed by atoms with Gasteiger partial charge in [0.2, 0.25) is 15.9 Å². The minimum Gasteiger partial charge on any atom is -0.480 e. The molecule has 0 bridgehead atoms. The number of carbonyl (C=O) groups excluding carboxylic acids is 1. The summed E-state index contributed by atoms with van der Waals surface area (Å²) >= 11 is 1.38. The number of hydrogen-bond donors (Lipinski definition) is 1. The van der Waals surface area contributed by atoms with E-state index in [-0.39, 0.29) is 42.1 Å². The van der Waals surface area contributed by atoms with Crippen molar-refractivity contribution in [2.75, 3.05) is 39.7 Å². The molecule has 2 aromatic heterocycles. The predicted molar refractivity (Wildman–Crippen MR) is 129 cm³/mol. The number of ether oxygens (including phenoxy) is 2. The average molecular weight is 521 g/mol. The number of aromatic nitrogens is 3. The Balaban J connectivity index is 1.83. The monoisotopic (exact) mass is 520 g/mol. The average Bonchev–Trinajstić information content (AvgIpc) is 3.39. The lowest BCUT2D eigenvalue weighted by Crippen LogP contribution is -2.30. The summed E-state index contributed by atoms with van der Waals surface area (Å²) in [5, 5.41) is 9.05. The largest absolute Gasteiger partial charge is 0.480 e. The number of amides is 1. The van der Waals surface area contributed by atoms with Crippen LogP contribution in [-0.4, -0.2) is 73.7 Å². The summed E-state index contributed by atoms with van der Waals surface area (Å²) in [6, 6.07) is 5.74. The summed E-state index contributed by atoms with van der Waals surface area (Å²) in [6.45, 7) is 0.520. The molecule has 35 heavy (non-hydrogen) atoms. The van der Waals surface area contributed by atoms with Crippen LogP contribution in [0.15, 0.2) is 58.3 Å². The lowest BCUT2D eigenvalue weighted by Gasteiger charge is -2.17. The molecule has 3 rings (SSSR count). The van der Waals surface area contributed by atoms with Crippen molar-refractivity contribution in [3.63, 3.8) is 0 Å². The molecule has 0 saturated heterocycles. The van der Waals surface area contributed by atoms with Crippen molar-refractivity contribution in [3.8, 4) is 5.88 Å². The van der Waals surface area contributed by atoms with E-state index < -0.39 is 15.9 Å². The molecule has 0 radical (unpaired) electrons. The maximum Gasteiger partial charge on any atom is 0.279 e. The van der Waals surface area contributed by atoms with Gasteiger partial charge in [-0.05, 0) is 12.1 Å². The first-order valence-corrected chi connectivity index (χ1v) is 12.5. The fourth-order valence-corrected chi connectivity index (χ4v) is 4.34. The molecule has 12 nitrogen and oxygen atoms in total. The molecule has 3 aromatic rings. The fourth-order valence-electron chi connectivity index (χ4n) is 2.67. The zero-order valence-corrected chi connectivity index (χ0v) is 20.9. The Bertz CT molecular complexity index is 1230. The zero-order valence-electron chi connectivity index (χ0n) is 19.2. The molecule has 0 aliphatic heterocycles. The van der Waals surface area contributed by atoms with E-state index in [0.29, 0.717) is 10.6 Å². The topological polar surface area (TPSA) is 145 Å². The molecule has 0 fully saturated rings. The second kappa shape index (κ2) is 12.3. The Morgan fingerprint density at radius 2 is 1.91 bits per heavy atom. The van der Waals surface area contributed by atoms with E-state index in [4.69, 9.17) is 14.3 Å². The van der Waals surface area contributed by atoms with Crippen LogP contribution in [0.3, 0.4) is 0 Å². The van der Waals surface area contributed by atoms with Gasteiger partial charge in [0.05, 0.1) is 31.0 Å². The standard InChI is InChI=1S/C21H24N6O6S2/c1-27(9-10-31-2)35(29,30)16-6-4-15(5-7-16)20(26-33-14-19-22-8-11-34-19)21(28)25-17-12-24-18(32-3)13-23-17/h4-8,11-13H,9-10,14H2,1-3H3,(H,23,25,28). The molecule has 1 N–H and O–H groups in total. The van der Waals surface area contributed by atoms with E-state index in [0.717, 1.165) is 0 Å². The highest BCUT2D eigenvalue weighted by molar-refractivity contribution is 7.89. The number of benzene rings is 1. The van der Waals surface area contributed by atoms with Gasteiger partial charge in [0.25, 0.3) is 5.91 Å². The van der Waals surface area contributed by atoms with Gasteiger partial charge in [0.15, 0.2) is 18.1 Å². The summed E-state index contributed by atoms with van der Waals surface area (Å²) in [6.07, 6.45) is 4.31. The highest BCUT2D eigenvalue weighted by atomic mass is 32.2. The van der Waals surface area contributed by atoms with Crippen LogP contribution in [0, 0.1) is 0 Å². The minimum atomic E-state index is -3.73. The van der Waals surface area contributed by atoms with Gasteiger partial charge < -0.3 is 19.6 Å². The number of nitrogens with one attached hydrogen (secondary N) is 1. The number of nitrogens with zero attached hydrogens (tertiary/aromatic N) is 5. The van der Waals surface area contributed by atoms with Crippen LogP contribution >= 0.6 is 11.3 Å². The van der Waals surface area contributed by atoms with Crippen LogP contribution in [0.25, 0.3) is 0 Å². The first-order valence-electron chi connectivity index (χ1n) is 10.2. The molecule has 0 unspecified atom stereocenters. The molecule has 0 aliphatic rings. The predicted octanol–water partition coefficient (Wildman–Crippen LogP) is 1.77. The van der Waals surface area contributed by atoms with Gasteiger partial charge in [0.1, 0.15) is 5.01 Å². The highest BCUT2D eigenvalue weighted by Gasteiger charge is 2.22. The smallest absolute Gasteiger partial charge is 0.279 e. The lowest BCUT2D eigenvalue weighted by molar-refractivity contribution is -0.110. The minimum absolute atomic E-state index is 0.0596. The van der Waals surface area contributed by atoms with E-state index >= 15 is 0 Å². The maximum atomic E-state index is 13.0. The molecule has 2 heterocycles. The Hall–Kier alpha value is -3.46. The van der Waals surface area contributed by atoms with Gasteiger partial charge in [-0.3, -0.25) is 4.79 Å². The summed E-state index contributed by atoms with van der Waals surface area (Å²) in [7, 11) is 0.678. The van der Waals surface area contributed by atoms with Crippen molar-refractivity contribution in [1.29, 1.82) is 0 Å². The molecule has 0 atom stereocenters. The third-order valence-electron chi connectivity index (χ3n) is 4.57. The number of anilines is 1. The van der Waals surface area contributed by atoms with Crippen molar-refractivity contribution in [3.05, 3.63) is 58.8 Å². The Morgan fingerprint density at radius 1 is 1.14 bits per heavy atom. The summed E-state index contributed by atoms with van der Waals surface area (Å²) < 4.78 is 36.6. The van der Waals surface area contributed by atoms with Crippen LogP contribution in [0.5, 0.6) is 5.88 Å². The van der Waals surface area contributed by atoms with Crippen molar-refractivity contribution < 1.29 is 27.5 Å². The van der Waals surface area contributed by atoms with Gasteiger partial charge in [0, 0.05) is 37.8 Å². The first-order chi connectivity index (χ1) is 16.8. The van der Waals surface area contributed by atoms with E-state index in [1.54, 1.807) is 11.6 Å². The number of sulfonamides is 1. The van der Waals surface area contributed by atoms with Gasteiger partial charge in [-0.25, -0.2) is 23.4 Å². The van der Waals surface area contributed by atoms with Crippen molar-refractivity contribution in [2.24, 2.45) is 5.16 Å². The number of likely N-dealkylation sites (N-methyl/N-ethyl adjacent to an activating group) is 1. The van der Waals surface area contributed by atoms with E-state index in [2.05, 4.69) is 25.4 Å². The van der Waals surface area contributed by atoms with Crippen LogP contribution < -0.4 is 10.1 Å². The molecule has 14 heteroatoms. The second-order valence-corrected chi connectivity index (χ2v) is 9.91. The van der Waals surface area contributed by atoms with Crippen LogP contribution in [0.2, 0.25) is 0 Å². The molecular formula is C21H24N6O6S2. The molecule has 1 amide bonds. The van der Waals surface area contributed by atoms with Gasteiger partial charge in [-0.2, -0.15) is 4.31 Å². The fraction of sp³-hybridized carbons (Fsp3) is 0.286. The van der Waals surface area contributed by atoms with E-state index in [9.17, 15) is 13.2 Å². The van der Waals surface area contributed by atoms with Gasteiger partial charge in [-0.15, -0.1) is 11.3 Å². The van der Waals surface area contributed by atoms with Gasteiger partial charge >= 0.3 is 0 Å². The Morgan fingerprint density at radius 3 is 2.51 bits per heavy atom. The zero-order chi connectivity index (χ0) is 25.3. The van der Waals surface area contributed by atoms with Crippen LogP contribution in [0.4, 0.5) is 5.82 Å². The van der Waals surface area contributed by atoms with Crippen molar-refractivity contribution in [2.45, 2.75) is 11.5 Å². The van der Waals surface area contributed by atoms with Crippen molar-refractivity contribution >= 4 is 38.8 Å². The number of oxime groups is 1. The highest BCUT2D eigenvalue weighted by Crippen LogP contribution is 2.17. The maximum absolute atomic E-state index is 13.0. The second-order valence-electron chi connectivity index (χ2n) is 6.88. The van der Waals surface area contributed by atoms with E-state index in [1.807, 2.05) is 0 Å². The molecule has 186 valence electrons. The van der Waals surface area contributed by atoms with Crippen LogP contribution in [-0.2, 0) is 31.0 Å². The number of carbonyl (C=O) groups is 1. The van der Waals surface area contributed by atoms with Crippen LogP contribution in [0.1, 0.15) is 10.6 Å². The normalized spacial score (nSPS) is 11.9. The third kappa shape index (κ3) is 7.02. The number of rotatable bonds is 12. The number of thiazole rings is 1. The third-order valence-corrected chi connectivity index (χ3v) is 7.19. The first kappa shape index (κ1) is 26.2. The summed E-state index contributed by atoms with van der Waals surface area (Å²) in [5.41, 5.74) is 0.248. The molecule has 0 aliphatic carbocycles. The summed E-state index contributed by atoms with van der Waals surface area (Å²) in [5.74, 6) is -0.172. The van der Waals surface area contributed by atoms with Crippen molar-refractivity contribution in [1.82, 2.24) is 19.3 Å². The Kier molecular flexibility index (Phi) is 9.19. The molecule has 0 saturated carbocycles. The summed E-state index contributed by atoms with van der Waals surface area (Å²) in [4.78, 5) is 30.6. The SMILES string of the molecule is COCCN(C)S(=O)(=O)c1ccc(C(=NOCc2nccs2)C(=O)Nc2cnc(OC)cn2)cc1.